The predicted octanol–water partition coefficient (Wildman–Crippen LogP) is 5.96. The summed E-state index contributed by atoms with van der Waals surface area (Å²) >= 11 is 0. The third kappa shape index (κ3) is 2.92. The number of carboxylic acids is 1. The molecule has 9 atom stereocenters. The van der Waals surface area contributed by atoms with Crippen LogP contribution in [0.1, 0.15) is 106 Å². The van der Waals surface area contributed by atoms with Crippen molar-refractivity contribution in [3.63, 3.8) is 0 Å². The molecule has 5 aliphatic rings. The van der Waals surface area contributed by atoms with E-state index in [2.05, 4.69) is 40.7 Å². The van der Waals surface area contributed by atoms with Crippen LogP contribution in [-0.4, -0.2) is 33.0 Å². The molecule has 0 saturated heterocycles. The Hall–Kier alpha value is -0.870. The molecule has 0 radical (unpaired) electrons. The Morgan fingerprint density at radius 1 is 0.848 bits per heavy atom. The summed E-state index contributed by atoms with van der Waals surface area (Å²) in [6.45, 7) is 13.8. The Balaban J connectivity index is 1.59. The largest absolute Gasteiger partial charge is 0.481 e. The van der Waals surface area contributed by atoms with Gasteiger partial charge < -0.3 is 15.3 Å². The first-order chi connectivity index (χ1) is 15.1. The fraction of sp³-hybridized carbons (Fsp3) is 0.897. The molecular weight excluding hydrogens is 412 g/mol. The molecule has 33 heavy (non-hydrogen) atoms. The molecule has 5 rings (SSSR count). The summed E-state index contributed by atoms with van der Waals surface area (Å²) in [5, 5.41) is 32.5. The minimum Gasteiger partial charge on any atom is -0.481 e. The molecule has 0 unspecified atom stereocenters. The van der Waals surface area contributed by atoms with E-state index in [9.17, 15) is 20.1 Å². The molecule has 0 amide bonds. The van der Waals surface area contributed by atoms with Gasteiger partial charge in [0, 0.05) is 0 Å². The van der Waals surface area contributed by atoms with Gasteiger partial charge >= 0.3 is 5.97 Å². The number of hydrogen-bond acceptors (Lipinski definition) is 3. The van der Waals surface area contributed by atoms with Crippen LogP contribution < -0.4 is 0 Å². The maximum absolute atomic E-state index is 12.8. The standard InChI is InChI=1S/C29H46O4/c1-24(2)15-16-29(23(31)32)14-9-19-25(3)12-8-20-26(4,13-10-22(30)28(20,6)33)18(25)7-11-27(19,5)21(29)17-24/h9,18,20-22,30,33H,7-8,10-17H2,1-6H3,(H,31,32)/t18-,20+,21-,22-,25+,26+,27+,28+,29+/m0/s1. The zero-order chi connectivity index (χ0) is 24.2. The van der Waals surface area contributed by atoms with Gasteiger partial charge in [0.25, 0.3) is 0 Å². The van der Waals surface area contributed by atoms with Gasteiger partial charge in [0.1, 0.15) is 0 Å². The summed E-state index contributed by atoms with van der Waals surface area (Å²) < 4.78 is 0. The molecule has 4 saturated carbocycles. The first-order valence-corrected chi connectivity index (χ1v) is 13.5. The van der Waals surface area contributed by atoms with Crippen LogP contribution >= 0.6 is 0 Å². The quantitative estimate of drug-likeness (QED) is 0.424. The molecule has 4 heteroatoms. The van der Waals surface area contributed by atoms with E-state index in [1.807, 2.05) is 6.92 Å². The summed E-state index contributed by atoms with van der Waals surface area (Å²) in [5.74, 6) is 0.189. The maximum Gasteiger partial charge on any atom is 0.310 e. The molecule has 0 heterocycles. The molecule has 3 N–H and O–H groups in total. The number of carbonyl (C=O) groups is 1. The number of hydrogen-bond donors (Lipinski definition) is 3. The summed E-state index contributed by atoms with van der Waals surface area (Å²) in [6.07, 6.45) is 10.9. The normalized spacial score (nSPS) is 55.3. The molecular formula is C29H46O4. The molecule has 4 nitrogen and oxygen atoms in total. The Labute approximate surface area is 200 Å². The van der Waals surface area contributed by atoms with Gasteiger partial charge in [-0.2, -0.15) is 0 Å². The van der Waals surface area contributed by atoms with Gasteiger partial charge in [-0.1, -0.05) is 46.3 Å². The lowest BCUT2D eigenvalue weighted by Crippen LogP contribution is -2.66. The topological polar surface area (TPSA) is 77.8 Å². The molecule has 4 fully saturated rings. The molecule has 0 aromatic carbocycles. The first-order valence-electron chi connectivity index (χ1n) is 13.5. The van der Waals surface area contributed by atoms with Gasteiger partial charge in [-0.15, -0.1) is 0 Å². The number of fused-ring (bicyclic) bond motifs is 7. The zero-order valence-electron chi connectivity index (χ0n) is 21.7. The van der Waals surface area contributed by atoms with E-state index in [0.717, 1.165) is 51.4 Å². The highest BCUT2D eigenvalue weighted by Crippen LogP contribution is 2.74. The Kier molecular flexibility index (Phi) is 4.97. The van der Waals surface area contributed by atoms with Crippen LogP contribution in [0, 0.1) is 44.8 Å². The van der Waals surface area contributed by atoms with E-state index < -0.39 is 23.1 Å². The van der Waals surface area contributed by atoms with E-state index in [-0.39, 0.29) is 33.5 Å². The number of rotatable bonds is 1. The van der Waals surface area contributed by atoms with E-state index in [0.29, 0.717) is 18.8 Å². The van der Waals surface area contributed by atoms with Crippen molar-refractivity contribution in [1.82, 2.24) is 0 Å². The van der Waals surface area contributed by atoms with Crippen molar-refractivity contribution in [3.8, 4) is 0 Å². The minimum atomic E-state index is -1.03. The SMILES string of the molecule is CC1(C)CC[C@]2(C(=O)O)CC=C3[C@]4(C)CC[C@H]5[C@@](C)(O)[C@@H](O)CC[C@]5(C)[C@H]4CC[C@@]3(C)[C@@H]2C1. The highest BCUT2D eigenvalue weighted by molar-refractivity contribution is 5.76. The highest BCUT2D eigenvalue weighted by Gasteiger charge is 2.68. The Bertz CT molecular complexity index is 888. The summed E-state index contributed by atoms with van der Waals surface area (Å²) in [6, 6.07) is 0. The lowest BCUT2D eigenvalue weighted by atomic mass is 9.35. The van der Waals surface area contributed by atoms with Crippen LogP contribution in [0.3, 0.4) is 0 Å². The lowest BCUT2D eigenvalue weighted by molar-refractivity contribution is -0.221. The van der Waals surface area contributed by atoms with E-state index in [1.165, 1.54) is 5.57 Å². The Morgan fingerprint density at radius 3 is 2.09 bits per heavy atom. The number of allylic oxidation sites excluding steroid dienone is 2. The average molecular weight is 459 g/mol. The molecule has 0 bridgehead atoms. The smallest absolute Gasteiger partial charge is 0.310 e. The molecule has 5 aliphatic carbocycles. The van der Waals surface area contributed by atoms with Crippen molar-refractivity contribution in [2.75, 3.05) is 0 Å². The lowest BCUT2D eigenvalue weighted by Gasteiger charge is -2.69. The summed E-state index contributed by atoms with van der Waals surface area (Å²) in [7, 11) is 0. The van der Waals surface area contributed by atoms with Gasteiger partial charge in [-0.3, -0.25) is 4.79 Å². The Morgan fingerprint density at radius 2 is 1.45 bits per heavy atom. The van der Waals surface area contributed by atoms with Crippen molar-refractivity contribution < 1.29 is 20.1 Å². The monoisotopic (exact) mass is 458 g/mol. The van der Waals surface area contributed by atoms with Crippen molar-refractivity contribution in [2.45, 2.75) is 117 Å². The summed E-state index contributed by atoms with van der Waals surface area (Å²) in [4.78, 5) is 12.8. The first kappa shape index (κ1) is 23.9. The van der Waals surface area contributed by atoms with Crippen LogP contribution in [0.5, 0.6) is 0 Å². The van der Waals surface area contributed by atoms with E-state index in [4.69, 9.17) is 0 Å². The van der Waals surface area contributed by atoms with Crippen LogP contribution in [0.25, 0.3) is 0 Å². The van der Waals surface area contributed by atoms with Crippen LogP contribution in [0.4, 0.5) is 0 Å². The van der Waals surface area contributed by atoms with Gasteiger partial charge in [0.15, 0.2) is 0 Å². The van der Waals surface area contributed by atoms with E-state index in [1.54, 1.807) is 0 Å². The van der Waals surface area contributed by atoms with Gasteiger partial charge in [0.2, 0.25) is 0 Å². The average Bonchev–Trinajstić information content (AvgIpc) is 2.70. The molecule has 0 aromatic rings. The third-order valence-corrected chi connectivity index (χ3v) is 12.4. The second-order valence-corrected chi connectivity index (χ2v) is 14.5. The van der Waals surface area contributed by atoms with Crippen molar-refractivity contribution in [2.24, 2.45) is 44.8 Å². The minimum absolute atomic E-state index is 0.00503. The predicted molar refractivity (Wildman–Crippen MR) is 130 cm³/mol. The fourth-order valence-electron chi connectivity index (χ4n) is 10.5. The number of aliphatic hydroxyl groups excluding tert-OH is 1. The second kappa shape index (κ2) is 6.87. The number of carboxylic acid groups (broad SMARTS) is 1. The van der Waals surface area contributed by atoms with Crippen molar-refractivity contribution in [3.05, 3.63) is 11.6 Å². The van der Waals surface area contributed by atoms with Crippen molar-refractivity contribution in [1.29, 1.82) is 0 Å². The van der Waals surface area contributed by atoms with Crippen LogP contribution in [0.15, 0.2) is 11.6 Å². The highest BCUT2D eigenvalue weighted by atomic mass is 16.4. The number of aliphatic carboxylic acids is 1. The van der Waals surface area contributed by atoms with E-state index >= 15 is 0 Å². The molecule has 0 spiro atoms. The summed E-state index contributed by atoms with van der Waals surface area (Å²) in [5.41, 5.74) is 0.0667. The van der Waals surface area contributed by atoms with Crippen LogP contribution in [-0.2, 0) is 4.79 Å². The fourth-order valence-corrected chi connectivity index (χ4v) is 10.5. The number of aliphatic hydroxyl groups is 2. The molecule has 0 aliphatic heterocycles. The van der Waals surface area contributed by atoms with Gasteiger partial charge in [-0.05, 0) is 111 Å². The van der Waals surface area contributed by atoms with Gasteiger partial charge in [0.05, 0.1) is 17.1 Å². The van der Waals surface area contributed by atoms with Crippen LogP contribution in [0.2, 0.25) is 0 Å². The van der Waals surface area contributed by atoms with Crippen molar-refractivity contribution >= 4 is 5.97 Å². The molecule has 0 aromatic heterocycles. The maximum atomic E-state index is 12.8. The van der Waals surface area contributed by atoms with Gasteiger partial charge in [-0.25, -0.2) is 0 Å². The third-order valence-electron chi connectivity index (χ3n) is 12.4. The molecule has 186 valence electrons. The zero-order valence-corrected chi connectivity index (χ0v) is 21.7. The second-order valence-electron chi connectivity index (χ2n) is 14.5.